The molecular weight excluding hydrogens is 463 g/mol. The van der Waals surface area contributed by atoms with Crippen molar-refractivity contribution in [2.75, 3.05) is 20.1 Å². The Hall–Kier alpha value is -1.56. The van der Waals surface area contributed by atoms with Gasteiger partial charge in [-0.25, -0.2) is 8.42 Å². The van der Waals surface area contributed by atoms with Crippen LogP contribution in [0.5, 0.6) is 11.5 Å². The molecule has 2 saturated carbocycles. The Morgan fingerprint density at radius 1 is 1.24 bits per heavy atom. The first-order valence-corrected chi connectivity index (χ1v) is 12.7. The van der Waals surface area contributed by atoms with E-state index in [1.54, 1.807) is 6.07 Å². The molecule has 3 fully saturated rings. The molecular formula is C22H28F3NO6S. The first-order valence-electron chi connectivity index (χ1n) is 11.3. The molecule has 0 radical (unpaired) electrons. The van der Waals surface area contributed by atoms with Crippen LogP contribution in [0.25, 0.3) is 0 Å². The highest BCUT2D eigenvalue weighted by molar-refractivity contribution is 7.86. The summed E-state index contributed by atoms with van der Waals surface area (Å²) in [6.45, 7) is 2.34. The van der Waals surface area contributed by atoms with Crippen molar-refractivity contribution >= 4 is 10.1 Å². The smallest absolute Gasteiger partial charge is 0.485 e. The average Bonchev–Trinajstić information content (AvgIpc) is 3.42. The highest BCUT2D eigenvalue weighted by atomic mass is 32.2. The Bertz CT molecular complexity index is 1090. The van der Waals surface area contributed by atoms with Crippen molar-refractivity contribution in [1.29, 1.82) is 0 Å². The zero-order chi connectivity index (χ0) is 24.0. The van der Waals surface area contributed by atoms with E-state index in [2.05, 4.69) is 13.1 Å². The lowest BCUT2D eigenvalue weighted by atomic mass is 9.48. The molecule has 2 N–H and O–H groups in total. The van der Waals surface area contributed by atoms with E-state index in [1.807, 2.05) is 0 Å². The van der Waals surface area contributed by atoms with Crippen LogP contribution >= 0.6 is 0 Å². The quantitative estimate of drug-likeness (QED) is 0.374. The molecule has 1 saturated heterocycles. The largest absolute Gasteiger partial charge is 0.741 e. The molecule has 2 heterocycles. The zero-order valence-electron chi connectivity index (χ0n) is 18.3. The van der Waals surface area contributed by atoms with Crippen LogP contribution in [0.4, 0.5) is 13.2 Å². The Labute approximate surface area is 190 Å². The molecule has 3 aliphatic carbocycles. The third-order valence-electron chi connectivity index (χ3n) is 8.67. The van der Waals surface area contributed by atoms with Crippen molar-refractivity contribution in [3.63, 3.8) is 0 Å². The standard InChI is InChI=1S/C21H27NO3.CHF3O3S/c1-22(12-13-4-5-13)10-9-20-17-3-2-8-21(20,24)16(22)11-14-6-7-15(23)19(25-17)18(14)20;2-1(3,4)8(5,6)7/h6-7,13,16-17,24H,2-5,8-12H2,1H3;(H,5,6,7)/t16-,17+,20-,21-,22?;/m1./s1. The van der Waals surface area contributed by atoms with E-state index >= 15 is 0 Å². The summed E-state index contributed by atoms with van der Waals surface area (Å²) < 4.78 is 66.2. The minimum atomic E-state index is -6.09. The third kappa shape index (κ3) is 3.22. The molecule has 2 bridgehead atoms. The fourth-order valence-corrected chi connectivity index (χ4v) is 7.15. The van der Waals surface area contributed by atoms with E-state index in [4.69, 9.17) is 17.7 Å². The predicted octanol–water partition coefficient (Wildman–Crippen LogP) is 2.54. The van der Waals surface area contributed by atoms with Crippen LogP contribution in [0.1, 0.15) is 49.7 Å². The van der Waals surface area contributed by atoms with Crippen LogP contribution in [0.3, 0.4) is 0 Å². The van der Waals surface area contributed by atoms with Gasteiger partial charge in [-0.1, -0.05) is 6.07 Å². The summed E-state index contributed by atoms with van der Waals surface area (Å²) in [5, 5.41) is 22.6. The second kappa shape index (κ2) is 6.99. The number of alkyl halides is 3. The van der Waals surface area contributed by atoms with Crippen molar-refractivity contribution in [2.45, 2.75) is 73.6 Å². The number of hydrogen-bond acceptors (Lipinski definition) is 6. The summed E-state index contributed by atoms with van der Waals surface area (Å²) >= 11 is 0. The lowest BCUT2D eigenvalue weighted by Gasteiger charge is -2.64. The summed E-state index contributed by atoms with van der Waals surface area (Å²) in [6.07, 6.45) is 7.56. The maximum atomic E-state index is 12.2. The van der Waals surface area contributed by atoms with Gasteiger partial charge in [-0.05, 0) is 43.7 Å². The number of hydrogen-bond donors (Lipinski definition) is 2. The van der Waals surface area contributed by atoms with Crippen molar-refractivity contribution < 1.29 is 45.6 Å². The number of piperidine rings is 1. The average molecular weight is 492 g/mol. The van der Waals surface area contributed by atoms with Crippen LogP contribution in [0.2, 0.25) is 0 Å². The molecule has 7 nitrogen and oxygen atoms in total. The molecule has 1 aromatic rings. The fourth-order valence-electron chi connectivity index (χ4n) is 7.15. The fraction of sp³-hybridized carbons (Fsp3) is 0.727. The number of phenols is 1. The van der Waals surface area contributed by atoms with Crippen molar-refractivity contribution in [2.24, 2.45) is 5.92 Å². The summed E-state index contributed by atoms with van der Waals surface area (Å²) in [6, 6.07) is 4.15. The summed E-state index contributed by atoms with van der Waals surface area (Å²) in [5.74, 6) is 1.79. The first-order chi connectivity index (χ1) is 15.2. The van der Waals surface area contributed by atoms with Gasteiger partial charge in [0.2, 0.25) is 0 Å². The van der Waals surface area contributed by atoms with Gasteiger partial charge in [0.15, 0.2) is 21.6 Å². The van der Waals surface area contributed by atoms with E-state index < -0.39 is 21.2 Å². The van der Waals surface area contributed by atoms with Gasteiger partial charge in [0.25, 0.3) is 0 Å². The molecule has 1 aromatic carbocycles. The van der Waals surface area contributed by atoms with E-state index in [1.165, 1.54) is 24.9 Å². The molecule has 6 rings (SSSR count). The molecule has 1 unspecified atom stereocenters. The van der Waals surface area contributed by atoms with Crippen LogP contribution < -0.4 is 4.74 Å². The molecule has 33 heavy (non-hydrogen) atoms. The Kier molecular flexibility index (Phi) is 4.91. The molecule has 11 heteroatoms. The minimum absolute atomic E-state index is 0.0331. The first kappa shape index (κ1) is 23.2. The second-order valence-corrected chi connectivity index (χ2v) is 11.9. The van der Waals surface area contributed by atoms with Crippen LogP contribution in [-0.4, -0.2) is 71.1 Å². The molecule has 1 spiro atoms. The SMILES string of the molecule is C[N+]1(CC2CC2)CC[C@]23c4c5ccc(O)c4O[C@H]2CCC[C@@]3(O)[C@H]1C5.O=S(=O)([O-])C(F)(F)F. The predicted molar refractivity (Wildman–Crippen MR) is 110 cm³/mol. The monoisotopic (exact) mass is 491 g/mol. The Balaban J connectivity index is 0.000000249. The van der Waals surface area contributed by atoms with Gasteiger partial charge in [0.1, 0.15) is 17.7 Å². The van der Waals surface area contributed by atoms with Crippen molar-refractivity contribution in [1.82, 2.24) is 0 Å². The minimum Gasteiger partial charge on any atom is -0.741 e. The number of phenolic OH excluding ortho intramolecular Hbond substituents is 1. The summed E-state index contributed by atoms with van der Waals surface area (Å²) in [4.78, 5) is 0. The summed E-state index contributed by atoms with van der Waals surface area (Å²) in [5.41, 5.74) is -4.16. The Morgan fingerprint density at radius 3 is 2.52 bits per heavy atom. The Morgan fingerprint density at radius 2 is 1.91 bits per heavy atom. The van der Waals surface area contributed by atoms with Crippen molar-refractivity contribution in [3.8, 4) is 11.5 Å². The number of halogens is 3. The van der Waals surface area contributed by atoms with E-state index in [-0.39, 0.29) is 23.3 Å². The van der Waals surface area contributed by atoms with Gasteiger partial charge in [0.05, 0.1) is 25.6 Å². The van der Waals surface area contributed by atoms with E-state index in [9.17, 15) is 23.4 Å². The maximum Gasteiger partial charge on any atom is 0.485 e. The number of aromatic hydroxyl groups is 1. The number of benzene rings is 1. The van der Waals surface area contributed by atoms with Gasteiger partial charge in [-0.3, -0.25) is 0 Å². The van der Waals surface area contributed by atoms with Gasteiger partial charge in [-0.15, -0.1) is 0 Å². The molecule has 0 aromatic heterocycles. The van der Waals surface area contributed by atoms with Gasteiger partial charge >= 0.3 is 5.51 Å². The number of likely N-dealkylation sites (tertiary alicyclic amines) is 1. The molecule has 0 amide bonds. The van der Waals surface area contributed by atoms with E-state index in [0.29, 0.717) is 5.75 Å². The lowest BCUT2D eigenvalue weighted by Crippen LogP contribution is -2.79. The van der Waals surface area contributed by atoms with Crippen molar-refractivity contribution in [3.05, 3.63) is 23.3 Å². The van der Waals surface area contributed by atoms with Crippen LogP contribution in [0, 0.1) is 5.92 Å². The van der Waals surface area contributed by atoms with Crippen LogP contribution in [0.15, 0.2) is 12.1 Å². The number of quaternary nitrogens is 1. The molecule has 184 valence electrons. The maximum absolute atomic E-state index is 12.2. The van der Waals surface area contributed by atoms with Gasteiger partial charge < -0.3 is 24.0 Å². The number of aliphatic hydroxyl groups is 1. The second-order valence-electron chi connectivity index (χ2n) is 10.5. The highest BCUT2D eigenvalue weighted by Gasteiger charge is 2.74. The number of likely N-dealkylation sites (N-methyl/N-ethyl adjacent to an activating group) is 1. The van der Waals surface area contributed by atoms with Gasteiger partial charge in [0, 0.05) is 24.3 Å². The lowest BCUT2D eigenvalue weighted by molar-refractivity contribution is -0.950. The van der Waals surface area contributed by atoms with E-state index in [0.717, 1.165) is 54.6 Å². The molecule has 5 atom stereocenters. The molecule has 5 aliphatic rings. The number of nitrogens with zero attached hydrogens (tertiary/aromatic N) is 1. The normalized spacial score (nSPS) is 38.6. The molecule has 2 aliphatic heterocycles. The van der Waals surface area contributed by atoms with Gasteiger partial charge in [-0.2, -0.15) is 13.2 Å². The van der Waals surface area contributed by atoms with Crippen LogP contribution in [-0.2, 0) is 22.0 Å². The highest BCUT2D eigenvalue weighted by Crippen LogP contribution is 2.66. The topological polar surface area (TPSA) is 107 Å². The number of rotatable bonds is 2. The summed E-state index contributed by atoms with van der Waals surface area (Å²) in [7, 11) is -3.70. The zero-order valence-corrected chi connectivity index (χ0v) is 19.1. The number of ether oxygens (including phenoxy) is 1. The third-order valence-corrected chi connectivity index (χ3v) is 9.23.